The molecule has 0 N–H and O–H groups in total. The molecule has 2 aromatic rings. The van der Waals surface area contributed by atoms with Gasteiger partial charge in [0.2, 0.25) is 0 Å². The molecule has 0 radical (unpaired) electrons. The molecule has 106 valence electrons. The molecule has 0 aliphatic heterocycles. The van der Waals surface area contributed by atoms with E-state index in [2.05, 4.69) is 62.8 Å². The topological polar surface area (TPSA) is 9.23 Å². The van der Waals surface area contributed by atoms with Crippen LogP contribution in [0.3, 0.4) is 0 Å². The van der Waals surface area contributed by atoms with E-state index < -0.39 is 0 Å². The van der Waals surface area contributed by atoms with Crippen LogP contribution in [0.15, 0.2) is 42.5 Å². The van der Waals surface area contributed by atoms with Gasteiger partial charge in [0.15, 0.2) is 0 Å². The van der Waals surface area contributed by atoms with E-state index in [1.54, 1.807) is 13.2 Å². The summed E-state index contributed by atoms with van der Waals surface area (Å²) >= 11 is 5.86. The first-order valence-electron chi connectivity index (χ1n) is 6.28. The first-order chi connectivity index (χ1) is 9.61. The summed E-state index contributed by atoms with van der Waals surface area (Å²) < 4.78 is 19.2. The molecule has 0 aliphatic rings. The third-order valence-corrected chi connectivity index (χ3v) is 5.06. The maximum absolute atomic E-state index is 13.2. The Morgan fingerprint density at radius 2 is 1.90 bits per heavy atom. The van der Waals surface area contributed by atoms with Gasteiger partial charge < -0.3 is 4.74 Å². The van der Waals surface area contributed by atoms with Crippen molar-refractivity contribution in [3.8, 4) is 0 Å². The Morgan fingerprint density at radius 1 is 1.20 bits per heavy atom. The van der Waals surface area contributed by atoms with Crippen molar-refractivity contribution < 1.29 is 9.13 Å². The fourth-order valence-electron chi connectivity index (χ4n) is 1.96. The quantitative estimate of drug-likeness (QED) is 0.456. The van der Waals surface area contributed by atoms with Gasteiger partial charge in [-0.1, -0.05) is 46.3 Å². The lowest BCUT2D eigenvalue weighted by Crippen LogP contribution is -1.98. The van der Waals surface area contributed by atoms with Crippen LogP contribution in [-0.4, -0.2) is 13.7 Å². The molecule has 1 nitrogen and oxygen atoms in total. The highest BCUT2D eigenvalue weighted by Gasteiger charge is 2.13. The Kier molecular flexibility index (Phi) is 5.99. The summed E-state index contributed by atoms with van der Waals surface area (Å²) in [4.78, 5) is 0.0754. The van der Waals surface area contributed by atoms with Crippen LogP contribution in [0.1, 0.15) is 21.5 Å². The molecule has 2 aromatic carbocycles. The standard InChI is InChI=1S/C16H15BrFIO/c1-20-9-8-11-2-4-12(5-3-11)16(17)14-7-6-13(18)10-15(14)19/h2-7,10,16H,8-9H2,1H3. The second-order valence-electron chi connectivity index (χ2n) is 4.51. The van der Waals surface area contributed by atoms with Crippen molar-refractivity contribution in [2.75, 3.05) is 13.7 Å². The zero-order chi connectivity index (χ0) is 14.5. The third-order valence-electron chi connectivity index (χ3n) is 3.10. The molecule has 2 rings (SSSR count). The van der Waals surface area contributed by atoms with Crippen LogP contribution in [0, 0.1) is 9.39 Å². The number of ether oxygens (including phenoxy) is 1. The van der Waals surface area contributed by atoms with Gasteiger partial charge in [0.1, 0.15) is 5.82 Å². The zero-order valence-electron chi connectivity index (χ0n) is 11.1. The lowest BCUT2D eigenvalue weighted by atomic mass is 10.0. The Bertz CT molecular complexity index is 571. The highest BCUT2D eigenvalue weighted by Crippen LogP contribution is 2.34. The summed E-state index contributed by atoms with van der Waals surface area (Å²) in [6.45, 7) is 0.729. The highest BCUT2D eigenvalue weighted by atomic mass is 127. The number of hydrogen-bond acceptors (Lipinski definition) is 1. The predicted molar refractivity (Wildman–Crippen MR) is 91.9 cm³/mol. The molecular weight excluding hydrogens is 434 g/mol. The highest BCUT2D eigenvalue weighted by molar-refractivity contribution is 14.1. The van der Waals surface area contributed by atoms with Gasteiger partial charge in [-0.05, 0) is 57.8 Å². The van der Waals surface area contributed by atoms with Crippen LogP contribution in [0.5, 0.6) is 0 Å². The number of methoxy groups -OCH3 is 1. The predicted octanol–water partition coefficient (Wildman–Crippen LogP) is 5.10. The van der Waals surface area contributed by atoms with Gasteiger partial charge >= 0.3 is 0 Å². The van der Waals surface area contributed by atoms with E-state index in [0.29, 0.717) is 0 Å². The molecule has 1 unspecified atom stereocenters. The Balaban J connectivity index is 2.18. The largest absolute Gasteiger partial charge is 0.384 e. The van der Waals surface area contributed by atoms with Crippen molar-refractivity contribution in [2.45, 2.75) is 11.2 Å². The molecule has 0 heterocycles. The average Bonchev–Trinajstić information content (AvgIpc) is 2.45. The monoisotopic (exact) mass is 448 g/mol. The minimum atomic E-state index is -0.201. The first-order valence-corrected chi connectivity index (χ1v) is 8.28. The molecule has 0 saturated carbocycles. The zero-order valence-corrected chi connectivity index (χ0v) is 14.8. The van der Waals surface area contributed by atoms with Gasteiger partial charge in [-0.15, -0.1) is 0 Å². The Morgan fingerprint density at radius 3 is 2.50 bits per heavy atom. The Labute approximate surface area is 140 Å². The molecule has 0 aliphatic carbocycles. The van der Waals surface area contributed by atoms with Crippen LogP contribution in [-0.2, 0) is 11.2 Å². The summed E-state index contributed by atoms with van der Waals surface area (Å²) in [6.07, 6.45) is 0.914. The normalized spacial score (nSPS) is 12.4. The molecule has 0 amide bonds. The van der Waals surface area contributed by atoms with Gasteiger partial charge in [0.05, 0.1) is 11.4 Å². The second-order valence-corrected chi connectivity index (χ2v) is 6.59. The van der Waals surface area contributed by atoms with E-state index in [0.717, 1.165) is 27.7 Å². The van der Waals surface area contributed by atoms with Crippen molar-refractivity contribution >= 4 is 38.5 Å². The van der Waals surface area contributed by atoms with Gasteiger partial charge in [-0.3, -0.25) is 0 Å². The van der Waals surface area contributed by atoms with Crippen molar-refractivity contribution in [1.29, 1.82) is 0 Å². The van der Waals surface area contributed by atoms with E-state index in [-0.39, 0.29) is 10.6 Å². The maximum Gasteiger partial charge on any atom is 0.124 e. The van der Waals surface area contributed by atoms with Gasteiger partial charge in [-0.2, -0.15) is 0 Å². The van der Waals surface area contributed by atoms with E-state index in [1.807, 2.05) is 6.07 Å². The van der Waals surface area contributed by atoms with Crippen molar-refractivity contribution in [1.82, 2.24) is 0 Å². The summed E-state index contributed by atoms with van der Waals surface area (Å²) in [5.74, 6) is -0.201. The molecule has 20 heavy (non-hydrogen) atoms. The van der Waals surface area contributed by atoms with Gasteiger partial charge in [-0.25, -0.2) is 4.39 Å². The van der Waals surface area contributed by atoms with Gasteiger partial charge in [0.25, 0.3) is 0 Å². The van der Waals surface area contributed by atoms with E-state index in [4.69, 9.17) is 4.74 Å². The molecule has 1 atom stereocenters. The average molecular weight is 449 g/mol. The summed E-state index contributed by atoms with van der Waals surface area (Å²) in [6, 6.07) is 13.3. The van der Waals surface area contributed by atoms with Crippen LogP contribution in [0.2, 0.25) is 0 Å². The Hall–Kier alpha value is -0.460. The van der Waals surface area contributed by atoms with Crippen LogP contribution in [0.4, 0.5) is 4.39 Å². The number of rotatable bonds is 5. The van der Waals surface area contributed by atoms with Crippen LogP contribution < -0.4 is 0 Å². The van der Waals surface area contributed by atoms with Crippen molar-refractivity contribution in [3.05, 3.63) is 68.5 Å². The SMILES string of the molecule is COCCc1ccc(C(Br)c2ccc(F)cc2I)cc1. The van der Waals surface area contributed by atoms with Crippen LogP contribution >= 0.6 is 38.5 Å². The van der Waals surface area contributed by atoms with E-state index >= 15 is 0 Å². The molecule has 4 heteroatoms. The lowest BCUT2D eigenvalue weighted by Gasteiger charge is -2.13. The van der Waals surface area contributed by atoms with E-state index in [1.165, 1.54) is 11.6 Å². The molecule has 0 aromatic heterocycles. The number of benzene rings is 2. The van der Waals surface area contributed by atoms with E-state index in [9.17, 15) is 4.39 Å². The molecule has 0 bridgehead atoms. The summed E-state index contributed by atoms with van der Waals surface area (Å²) in [5, 5.41) is 0. The molecule has 0 saturated heterocycles. The third kappa shape index (κ3) is 4.02. The van der Waals surface area contributed by atoms with Gasteiger partial charge in [0, 0.05) is 10.7 Å². The maximum atomic E-state index is 13.2. The minimum absolute atomic E-state index is 0.0754. The second kappa shape index (κ2) is 7.52. The number of halogens is 3. The van der Waals surface area contributed by atoms with Crippen molar-refractivity contribution in [2.24, 2.45) is 0 Å². The summed E-state index contributed by atoms with van der Waals surface area (Å²) in [7, 11) is 1.71. The summed E-state index contributed by atoms with van der Waals surface area (Å²) in [5.41, 5.74) is 3.50. The first kappa shape index (κ1) is 15.9. The molecular formula is C16H15BrFIO. The minimum Gasteiger partial charge on any atom is -0.384 e. The fraction of sp³-hybridized carbons (Fsp3) is 0.250. The number of hydrogen-bond donors (Lipinski definition) is 0. The smallest absolute Gasteiger partial charge is 0.124 e. The van der Waals surface area contributed by atoms with Crippen molar-refractivity contribution in [3.63, 3.8) is 0 Å². The fourth-order valence-corrected chi connectivity index (χ4v) is 3.88. The molecule has 0 spiro atoms. The number of alkyl halides is 1. The van der Waals surface area contributed by atoms with Crippen LogP contribution in [0.25, 0.3) is 0 Å². The molecule has 0 fully saturated rings. The lowest BCUT2D eigenvalue weighted by molar-refractivity contribution is 0.202.